The highest BCUT2D eigenvalue weighted by Gasteiger charge is 2.37. The first-order valence-corrected chi connectivity index (χ1v) is 10.3. The Kier molecular flexibility index (Phi) is 8.71. The number of carbonyl (C=O) groups is 5. The lowest BCUT2D eigenvalue weighted by molar-refractivity contribution is -0.149. The van der Waals surface area contributed by atoms with Gasteiger partial charge in [-0.05, 0) is 31.7 Å². The highest BCUT2D eigenvalue weighted by molar-refractivity contribution is 5.96. The molecule has 32 heavy (non-hydrogen) atoms. The van der Waals surface area contributed by atoms with E-state index in [1.165, 1.54) is 11.8 Å². The predicted molar refractivity (Wildman–Crippen MR) is 114 cm³/mol. The second kappa shape index (κ2) is 11.2. The minimum Gasteiger partial charge on any atom is -0.480 e. The van der Waals surface area contributed by atoms with Crippen molar-refractivity contribution < 1.29 is 29.1 Å². The molecular weight excluding hydrogens is 418 g/mol. The largest absolute Gasteiger partial charge is 0.480 e. The van der Waals surface area contributed by atoms with Crippen molar-refractivity contribution in [1.82, 2.24) is 15.5 Å². The van der Waals surface area contributed by atoms with Gasteiger partial charge in [-0.1, -0.05) is 30.3 Å². The molecule has 1 aliphatic heterocycles. The number of carboxylic acids is 1. The molecule has 0 bridgehead atoms. The summed E-state index contributed by atoms with van der Waals surface area (Å²) in [4.78, 5) is 61.7. The number of carbonyl (C=O) groups excluding carboxylic acids is 4. The lowest BCUT2D eigenvalue weighted by atomic mass is 10.1. The summed E-state index contributed by atoms with van der Waals surface area (Å²) in [5, 5.41) is 14.1. The van der Waals surface area contributed by atoms with Gasteiger partial charge in [0.25, 0.3) is 0 Å². The first-order valence-electron chi connectivity index (χ1n) is 10.3. The molecule has 0 radical (unpaired) electrons. The molecule has 4 unspecified atom stereocenters. The van der Waals surface area contributed by atoms with Gasteiger partial charge in [-0.25, -0.2) is 4.79 Å². The van der Waals surface area contributed by atoms with Gasteiger partial charge in [0.1, 0.15) is 18.1 Å². The number of hydrogen-bond acceptors (Lipinski definition) is 6. The molecule has 4 atom stereocenters. The summed E-state index contributed by atoms with van der Waals surface area (Å²) in [6.07, 6.45) is 0.612. The van der Waals surface area contributed by atoms with Crippen LogP contribution in [0.15, 0.2) is 30.3 Å². The van der Waals surface area contributed by atoms with Gasteiger partial charge in [-0.2, -0.15) is 0 Å². The van der Waals surface area contributed by atoms with Crippen molar-refractivity contribution in [2.24, 2.45) is 11.5 Å². The number of likely N-dealkylation sites (tertiary alicyclic amines) is 1. The summed E-state index contributed by atoms with van der Waals surface area (Å²) in [5.41, 5.74) is 12.0. The molecule has 0 aliphatic carbocycles. The van der Waals surface area contributed by atoms with Crippen LogP contribution in [-0.2, 0) is 30.4 Å². The standard InChI is InChI=1S/C21H29N5O6/c1-12(20(30)26-9-5-8-16(26)21(31)32)24-19(29)15(11-17(23)27)25-18(28)14(22)10-13-6-3-2-4-7-13/h2-4,6-7,12,14-16H,5,8-11,22H2,1H3,(H2,23,27)(H,24,29)(H,25,28)(H,31,32). The fourth-order valence-electron chi connectivity index (χ4n) is 3.56. The summed E-state index contributed by atoms with van der Waals surface area (Å²) in [5.74, 6) is -3.95. The Morgan fingerprint density at radius 1 is 1.12 bits per heavy atom. The van der Waals surface area contributed by atoms with Crippen LogP contribution in [0.3, 0.4) is 0 Å². The topological polar surface area (TPSA) is 185 Å². The zero-order valence-corrected chi connectivity index (χ0v) is 17.8. The summed E-state index contributed by atoms with van der Waals surface area (Å²) in [6.45, 7) is 1.67. The van der Waals surface area contributed by atoms with Crippen LogP contribution >= 0.6 is 0 Å². The van der Waals surface area contributed by atoms with E-state index < -0.39 is 60.2 Å². The first-order chi connectivity index (χ1) is 15.1. The third-order valence-corrected chi connectivity index (χ3v) is 5.22. The van der Waals surface area contributed by atoms with Crippen molar-refractivity contribution in [2.75, 3.05) is 6.54 Å². The van der Waals surface area contributed by atoms with Crippen LogP contribution in [0, 0.1) is 0 Å². The van der Waals surface area contributed by atoms with Crippen molar-refractivity contribution in [1.29, 1.82) is 0 Å². The lowest BCUT2D eigenvalue weighted by Crippen LogP contribution is -2.57. The zero-order chi connectivity index (χ0) is 23.8. The van der Waals surface area contributed by atoms with Gasteiger partial charge in [-0.15, -0.1) is 0 Å². The van der Waals surface area contributed by atoms with Crippen molar-refractivity contribution in [3.8, 4) is 0 Å². The molecule has 1 aliphatic rings. The smallest absolute Gasteiger partial charge is 0.326 e. The molecule has 1 aromatic carbocycles. The Hall–Kier alpha value is -3.47. The van der Waals surface area contributed by atoms with Crippen LogP contribution in [0.4, 0.5) is 0 Å². The molecule has 11 heteroatoms. The van der Waals surface area contributed by atoms with Gasteiger partial charge in [0.15, 0.2) is 0 Å². The predicted octanol–water partition coefficient (Wildman–Crippen LogP) is -1.50. The van der Waals surface area contributed by atoms with E-state index >= 15 is 0 Å². The Bertz CT molecular complexity index is 861. The van der Waals surface area contributed by atoms with Crippen LogP contribution in [0.5, 0.6) is 0 Å². The third-order valence-electron chi connectivity index (χ3n) is 5.22. The molecule has 0 saturated carbocycles. The number of benzene rings is 1. The van der Waals surface area contributed by atoms with Gasteiger partial charge in [0.2, 0.25) is 23.6 Å². The number of carboxylic acid groups (broad SMARTS) is 1. The quantitative estimate of drug-likeness (QED) is 0.289. The van der Waals surface area contributed by atoms with Gasteiger partial charge in [0.05, 0.1) is 12.5 Å². The van der Waals surface area contributed by atoms with Crippen LogP contribution in [0.25, 0.3) is 0 Å². The number of rotatable bonds is 10. The summed E-state index contributed by atoms with van der Waals surface area (Å²) in [7, 11) is 0. The van der Waals surface area contributed by atoms with E-state index in [2.05, 4.69) is 10.6 Å². The van der Waals surface area contributed by atoms with Crippen LogP contribution in [-0.4, -0.2) is 70.3 Å². The number of nitrogens with zero attached hydrogens (tertiary/aromatic N) is 1. The van der Waals surface area contributed by atoms with E-state index in [1.807, 2.05) is 6.07 Å². The fourth-order valence-corrected chi connectivity index (χ4v) is 3.56. The summed E-state index contributed by atoms with van der Waals surface area (Å²) in [6, 6.07) is 4.73. The second-order valence-electron chi connectivity index (χ2n) is 7.79. The van der Waals surface area contributed by atoms with Gasteiger partial charge in [0, 0.05) is 6.54 Å². The minimum absolute atomic E-state index is 0.220. The van der Waals surface area contributed by atoms with E-state index in [0.29, 0.717) is 12.8 Å². The Morgan fingerprint density at radius 2 is 1.78 bits per heavy atom. The van der Waals surface area contributed by atoms with E-state index in [1.54, 1.807) is 24.3 Å². The molecule has 174 valence electrons. The number of nitrogens with two attached hydrogens (primary N) is 2. The van der Waals surface area contributed by atoms with E-state index in [4.69, 9.17) is 11.5 Å². The number of primary amides is 1. The molecule has 11 nitrogen and oxygen atoms in total. The zero-order valence-electron chi connectivity index (χ0n) is 17.8. The molecule has 0 spiro atoms. The maximum atomic E-state index is 12.7. The van der Waals surface area contributed by atoms with Gasteiger partial charge >= 0.3 is 5.97 Å². The molecule has 1 heterocycles. The number of hydrogen-bond donors (Lipinski definition) is 5. The van der Waals surface area contributed by atoms with Crippen LogP contribution in [0.2, 0.25) is 0 Å². The number of amides is 4. The Balaban J connectivity index is 2.00. The lowest BCUT2D eigenvalue weighted by Gasteiger charge is -2.27. The molecular formula is C21H29N5O6. The second-order valence-corrected chi connectivity index (χ2v) is 7.79. The average Bonchev–Trinajstić information content (AvgIpc) is 3.23. The van der Waals surface area contributed by atoms with E-state index in [0.717, 1.165) is 5.56 Å². The van der Waals surface area contributed by atoms with E-state index in [9.17, 15) is 29.1 Å². The molecule has 1 aromatic rings. The molecule has 4 amide bonds. The normalized spacial score (nSPS) is 18.3. The fraction of sp³-hybridized carbons (Fsp3) is 0.476. The Morgan fingerprint density at radius 3 is 2.38 bits per heavy atom. The maximum absolute atomic E-state index is 12.7. The van der Waals surface area contributed by atoms with Crippen molar-refractivity contribution >= 4 is 29.6 Å². The van der Waals surface area contributed by atoms with Gasteiger partial charge < -0.3 is 32.1 Å². The van der Waals surface area contributed by atoms with Crippen molar-refractivity contribution in [2.45, 2.75) is 56.8 Å². The maximum Gasteiger partial charge on any atom is 0.326 e. The highest BCUT2D eigenvalue weighted by atomic mass is 16.4. The summed E-state index contributed by atoms with van der Waals surface area (Å²) >= 11 is 0. The number of aliphatic carboxylic acids is 1. The SMILES string of the molecule is CC(NC(=O)C(CC(N)=O)NC(=O)C(N)Cc1ccccc1)C(=O)N1CCCC1C(=O)O. The van der Waals surface area contributed by atoms with Crippen LogP contribution in [0.1, 0.15) is 31.7 Å². The minimum atomic E-state index is -1.33. The molecule has 2 rings (SSSR count). The van der Waals surface area contributed by atoms with Crippen LogP contribution < -0.4 is 22.1 Å². The van der Waals surface area contributed by atoms with Crippen molar-refractivity contribution in [3.05, 3.63) is 35.9 Å². The monoisotopic (exact) mass is 447 g/mol. The highest BCUT2D eigenvalue weighted by Crippen LogP contribution is 2.18. The summed E-state index contributed by atoms with van der Waals surface area (Å²) < 4.78 is 0. The average molecular weight is 447 g/mol. The Labute approximate surface area is 185 Å². The number of nitrogens with one attached hydrogen (secondary N) is 2. The first kappa shape index (κ1) is 24.8. The van der Waals surface area contributed by atoms with Crippen molar-refractivity contribution in [3.63, 3.8) is 0 Å². The molecule has 7 N–H and O–H groups in total. The molecule has 0 aromatic heterocycles. The van der Waals surface area contributed by atoms with E-state index in [-0.39, 0.29) is 13.0 Å². The molecule has 1 fully saturated rings. The third kappa shape index (κ3) is 6.77. The molecule has 1 saturated heterocycles. The van der Waals surface area contributed by atoms with Gasteiger partial charge in [-0.3, -0.25) is 19.2 Å².